The minimum atomic E-state index is -0.305. The van der Waals surface area contributed by atoms with Crippen LogP contribution in [-0.2, 0) is 11.3 Å². The molecule has 2 unspecified atom stereocenters. The molecule has 35 heavy (non-hydrogen) atoms. The van der Waals surface area contributed by atoms with E-state index in [0.29, 0.717) is 13.1 Å². The molecule has 2 N–H and O–H groups in total. The van der Waals surface area contributed by atoms with Gasteiger partial charge in [-0.25, -0.2) is 9.59 Å². The number of aromatic amines is 1. The summed E-state index contributed by atoms with van der Waals surface area (Å²) >= 11 is 0. The van der Waals surface area contributed by atoms with Gasteiger partial charge in [-0.3, -0.25) is 5.10 Å². The van der Waals surface area contributed by atoms with Crippen LogP contribution in [0.25, 0.3) is 0 Å². The van der Waals surface area contributed by atoms with Crippen LogP contribution in [0.15, 0.2) is 36.4 Å². The number of nitrogens with one attached hydrogen (secondary N) is 2. The molecule has 2 atom stereocenters. The number of amides is 3. The van der Waals surface area contributed by atoms with Gasteiger partial charge in [-0.2, -0.15) is 5.10 Å². The molecule has 2 aliphatic rings. The Bertz CT molecular complexity index is 972. The zero-order valence-corrected chi connectivity index (χ0v) is 21.1. The third-order valence-electron chi connectivity index (χ3n) is 7.18. The van der Waals surface area contributed by atoms with E-state index < -0.39 is 0 Å². The summed E-state index contributed by atoms with van der Waals surface area (Å²) in [6.07, 6.45) is 3.01. The number of aromatic nitrogens is 2. The minimum absolute atomic E-state index is 0.0262. The lowest BCUT2D eigenvalue weighted by Crippen LogP contribution is -2.63. The number of urea groups is 1. The summed E-state index contributed by atoms with van der Waals surface area (Å²) in [7, 11) is 0. The van der Waals surface area contributed by atoms with Crippen LogP contribution in [0.2, 0.25) is 0 Å². The SMILES string of the molecule is CCC1CN(C(=O)OCc2ccccc2)C(CC)CN1C(=O)NC1CCN(c2cc(C)[nH]n2)CC1. The van der Waals surface area contributed by atoms with E-state index >= 15 is 0 Å². The summed E-state index contributed by atoms with van der Waals surface area (Å²) in [5, 5.41) is 10.6. The minimum Gasteiger partial charge on any atom is -0.445 e. The summed E-state index contributed by atoms with van der Waals surface area (Å²) in [5.41, 5.74) is 2.02. The van der Waals surface area contributed by atoms with Gasteiger partial charge in [-0.1, -0.05) is 44.2 Å². The van der Waals surface area contributed by atoms with Crippen molar-refractivity contribution >= 4 is 17.9 Å². The van der Waals surface area contributed by atoms with E-state index in [2.05, 4.69) is 40.3 Å². The predicted molar refractivity (Wildman–Crippen MR) is 135 cm³/mol. The normalized spacial score (nSPS) is 21.2. The first-order chi connectivity index (χ1) is 17.0. The highest BCUT2D eigenvalue weighted by Gasteiger charge is 2.38. The van der Waals surface area contributed by atoms with Gasteiger partial charge in [0.2, 0.25) is 0 Å². The third kappa shape index (κ3) is 6.07. The molecule has 9 nitrogen and oxygen atoms in total. The van der Waals surface area contributed by atoms with Crippen LogP contribution in [0, 0.1) is 6.92 Å². The summed E-state index contributed by atoms with van der Waals surface area (Å²) in [4.78, 5) is 32.2. The molecule has 0 bridgehead atoms. The Morgan fingerprint density at radius 2 is 1.71 bits per heavy atom. The van der Waals surface area contributed by atoms with Gasteiger partial charge in [-0.05, 0) is 38.2 Å². The predicted octanol–water partition coefficient (Wildman–Crippen LogP) is 3.91. The molecule has 0 radical (unpaired) electrons. The van der Waals surface area contributed by atoms with Crippen molar-refractivity contribution in [2.24, 2.45) is 0 Å². The van der Waals surface area contributed by atoms with E-state index in [-0.39, 0.29) is 36.9 Å². The molecule has 190 valence electrons. The molecular weight excluding hydrogens is 444 g/mol. The van der Waals surface area contributed by atoms with Gasteiger partial charge in [0, 0.05) is 44.0 Å². The monoisotopic (exact) mass is 482 g/mol. The highest BCUT2D eigenvalue weighted by molar-refractivity contribution is 5.76. The van der Waals surface area contributed by atoms with Crippen LogP contribution in [0.5, 0.6) is 0 Å². The molecule has 3 heterocycles. The van der Waals surface area contributed by atoms with Crippen LogP contribution >= 0.6 is 0 Å². The molecule has 1 aromatic carbocycles. The Morgan fingerprint density at radius 1 is 1.06 bits per heavy atom. The molecule has 2 saturated heterocycles. The lowest BCUT2D eigenvalue weighted by molar-refractivity contribution is 0.0266. The van der Waals surface area contributed by atoms with Gasteiger partial charge >= 0.3 is 12.1 Å². The number of piperazine rings is 1. The van der Waals surface area contributed by atoms with E-state index in [1.807, 2.05) is 47.1 Å². The molecule has 0 spiro atoms. The van der Waals surface area contributed by atoms with Crippen molar-refractivity contribution in [1.29, 1.82) is 0 Å². The van der Waals surface area contributed by atoms with Crippen LogP contribution in [0.1, 0.15) is 50.8 Å². The quantitative estimate of drug-likeness (QED) is 0.651. The standard InChI is InChI=1S/C26H38N6O3/c1-4-22-17-32(26(34)35-18-20-9-7-6-8-10-20)23(5-2)16-31(22)25(33)27-21-11-13-30(14-12-21)24-15-19(3)28-29-24/h6-10,15,21-23H,4-5,11-14,16-18H2,1-3H3,(H,27,33)(H,28,29). The van der Waals surface area contributed by atoms with E-state index in [4.69, 9.17) is 4.74 Å². The van der Waals surface area contributed by atoms with Gasteiger partial charge in [0.15, 0.2) is 5.82 Å². The number of hydrogen-bond donors (Lipinski definition) is 2. The first-order valence-corrected chi connectivity index (χ1v) is 12.8. The van der Waals surface area contributed by atoms with Gasteiger partial charge in [0.25, 0.3) is 0 Å². The number of H-pyrrole nitrogens is 1. The first-order valence-electron chi connectivity index (χ1n) is 12.8. The van der Waals surface area contributed by atoms with Crippen LogP contribution in [0.3, 0.4) is 0 Å². The number of rotatable bonds is 6. The van der Waals surface area contributed by atoms with Crippen molar-refractivity contribution in [3.05, 3.63) is 47.7 Å². The van der Waals surface area contributed by atoms with Crippen LogP contribution < -0.4 is 10.2 Å². The second kappa shape index (κ2) is 11.5. The Kier molecular flexibility index (Phi) is 8.15. The fourth-order valence-electron chi connectivity index (χ4n) is 5.00. The molecule has 4 rings (SSSR count). The van der Waals surface area contributed by atoms with E-state index in [0.717, 1.165) is 55.8 Å². The molecule has 9 heteroatoms. The van der Waals surface area contributed by atoms with Crippen molar-refractivity contribution in [3.8, 4) is 0 Å². The summed E-state index contributed by atoms with van der Waals surface area (Å²) in [6.45, 7) is 9.12. The largest absolute Gasteiger partial charge is 0.445 e. The number of carbonyl (C=O) groups excluding carboxylic acids is 2. The fraction of sp³-hybridized carbons (Fsp3) is 0.577. The highest BCUT2D eigenvalue weighted by Crippen LogP contribution is 2.23. The van der Waals surface area contributed by atoms with Gasteiger partial charge in [-0.15, -0.1) is 0 Å². The smallest absolute Gasteiger partial charge is 0.410 e. The molecule has 2 aliphatic heterocycles. The third-order valence-corrected chi connectivity index (χ3v) is 7.18. The molecule has 2 fully saturated rings. The zero-order valence-electron chi connectivity index (χ0n) is 21.1. The summed E-state index contributed by atoms with van der Waals surface area (Å²) in [5.74, 6) is 0.972. The Hall–Kier alpha value is -3.23. The Labute approximate surface area is 207 Å². The van der Waals surface area contributed by atoms with E-state index in [1.54, 1.807) is 0 Å². The fourth-order valence-corrected chi connectivity index (χ4v) is 5.00. The number of carbonyl (C=O) groups is 2. The van der Waals surface area contributed by atoms with E-state index in [1.165, 1.54) is 0 Å². The Balaban J connectivity index is 1.31. The maximum Gasteiger partial charge on any atom is 0.410 e. The highest BCUT2D eigenvalue weighted by atomic mass is 16.6. The molecule has 1 aromatic heterocycles. The summed E-state index contributed by atoms with van der Waals surface area (Å²) in [6, 6.07) is 11.8. The van der Waals surface area contributed by atoms with E-state index in [9.17, 15) is 9.59 Å². The average Bonchev–Trinajstić information content (AvgIpc) is 3.33. The van der Waals surface area contributed by atoms with Crippen molar-refractivity contribution in [2.75, 3.05) is 31.1 Å². The van der Waals surface area contributed by atoms with Crippen molar-refractivity contribution in [3.63, 3.8) is 0 Å². The maximum atomic E-state index is 13.3. The number of aryl methyl sites for hydroxylation is 1. The number of ether oxygens (including phenoxy) is 1. The second-order valence-electron chi connectivity index (χ2n) is 9.59. The topological polar surface area (TPSA) is 93.8 Å². The van der Waals surface area contributed by atoms with Gasteiger partial charge in [0.05, 0.1) is 12.1 Å². The Morgan fingerprint density at radius 3 is 2.34 bits per heavy atom. The van der Waals surface area contributed by atoms with Crippen LogP contribution in [0.4, 0.5) is 15.4 Å². The molecule has 0 aliphatic carbocycles. The first kappa shape index (κ1) is 24.9. The molecular formula is C26H38N6O3. The number of piperidine rings is 1. The maximum absolute atomic E-state index is 13.3. The van der Waals surface area contributed by atoms with Gasteiger partial charge < -0.3 is 24.8 Å². The number of benzene rings is 1. The average molecular weight is 483 g/mol. The lowest BCUT2D eigenvalue weighted by atomic mass is 10.0. The molecule has 3 amide bonds. The second-order valence-corrected chi connectivity index (χ2v) is 9.59. The summed E-state index contributed by atoms with van der Waals surface area (Å²) < 4.78 is 5.61. The van der Waals surface area contributed by atoms with Crippen molar-refractivity contribution in [2.45, 2.75) is 71.2 Å². The number of nitrogens with zero attached hydrogens (tertiary/aromatic N) is 4. The van der Waals surface area contributed by atoms with Crippen molar-refractivity contribution in [1.82, 2.24) is 25.3 Å². The molecule has 2 aromatic rings. The lowest BCUT2D eigenvalue weighted by Gasteiger charge is -2.46. The van der Waals surface area contributed by atoms with Crippen LogP contribution in [-0.4, -0.2) is 76.4 Å². The zero-order chi connectivity index (χ0) is 24.8. The number of hydrogen-bond acceptors (Lipinski definition) is 5. The van der Waals surface area contributed by atoms with Gasteiger partial charge in [0.1, 0.15) is 6.61 Å². The van der Waals surface area contributed by atoms with Crippen molar-refractivity contribution < 1.29 is 14.3 Å². The number of anilines is 1. The molecule has 0 saturated carbocycles.